The number of benzene rings is 5. The molecule has 0 aliphatic carbocycles. The van der Waals surface area contributed by atoms with Gasteiger partial charge in [0.05, 0.1) is 5.56 Å². The molecule has 10 N–H and O–H groups in total. The standard InChI is InChI=1S/C30H25N7O2/c31-27(32)21-4-2-17-13-20(3-1-18(17)14-21)26-24-11-7-22(28(33)34)15-19(24)8-12-25(26)39-29(38)16-5-9-23(10-6-16)37-30(35)36/h1-15H,(H3,31,32)(H3,33,34)(H4,35,36,37). The van der Waals surface area contributed by atoms with Gasteiger partial charge in [0.1, 0.15) is 17.4 Å². The Bertz CT molecular complexity index is 1810. The molecule has 192 valence electrons. The van der Waals surface area contributed by atoms with Crippen LogP contribution in [0.15, 0.2) is 91.0 Å². The van der Waals surface area contributed by atoms with Crippen molar-refractivity contribution in [1.29, 1.82) is 16.2 Å². The quantitative estimate of drug-likeness (QED) is 0.0739. The average Bonchev–Trinajstić information content (AvgIpc) is 2.92. The lowest BCUT2D eigenvalue weighted by molar-refractivity contribution is 0.0736. The Morgan fingerprint density at radius 3 is 1.87 bits per heavy atom. The number of hydrogen-bond acceptors (Lipinski definition) is 5. The monoisotopic (exact) mass is 515 g/mol. The predicted molar refractivity (Wildman–Crippen MR) is 156 cm³/mol. The molecule has 0 bridgehead atoms. The smallest absolute Gasteiger partial charge is 0.343 e. The van der Waals surface area contributed by atoms with E-state index in [2.05, 4.69) is 5.32 Å². The number of ether oxygens (including phenoxy) is 1. The molecule has 5 aromatic rings. The highest BCUT2D eigenvalue weighted by molar-refractivity contribution is 6.07. The molecular weight excluding hydrogens is 490 g/mol. The molecular formula is C30H25N7O2. The minimum absolute atomic E-state index is 0.00406. The molecule has 0 atom stereocenters. The fraction of sp³-hybridized carbons (Fsp3) is 0. The summed E-state index contributed by atoms with van der Waals surface area (Å²) in [5.41, 5.74) is 20.4. The van der Waals surface area contributed by atoms with E-state index >= 15 is 0 Å². The molecule has 9 nitrogen and oxygen atoms in total. The molecule has 0 amide bonds. The molecule has 5 rings (SSSR count). The first kappa shape index (κ1) is 25.0. The van der Waals surface area contributed by atoms with Crippen molar-refractivity contribution in [3.05, 3.63) is 108 Å². The Labute approximate surface area is 223 Å². The third-order valence-electron chi connectivity index (χ3n) is 6.33. The summed E-state index contributed by atoms with van der Waals surface area (Å²) in [6, 6.07) is 26.9. The first-order chi connectivity index (χ1) is 18.7. The van der Waals surface area contributed by atoms with Gasteiger partial charge in [0, 0.05) is 22.4 Å². The highest BCUT2D eigenvalue weighted by Gasteiger charge is 2.17. The zero-order valence-electron chi connectivity index (χ0n) is 20.7. The zero-order valence-corrected chi connectivity index (χ0v) is 20.7. The minimum Gasteiger partial charge on any atom is -0.422 e. The van der Waals surface area contributed by atoms with E-state index in [0.29, 0.717) is 33.7 Å². The van der Waals surface area contributed by atoms with Crippen molar-refractivity contribution >= 4 is 50.8 Å². The Morgan fingerprint density at radius 2 is 1.21 bits per heavy atom. The highest BCUT2D eigenvalue weighted by Crippen LogP contribution is 2.39. The van der Waals surface area contributed by atoms with E-state index in [4.69, 9.17) is 38.2 Å². The number of amidine groups is 2. The van der Waals surface area contributed by atoms with E-state index in [9.17, 15) is 4.79 Å². The van der Waals surface area contributed by atoms with E-state index in [1.807, 2.05) is 48.5 Å². The summed E-state index contributed by atoms with van der Waals surface area (Å²) in [6.07, 6.45) is 0. The number of nitrogens with one attached hydrogen (secondary N) is 4. The maximum atomic E-state index is 13.1. The maximum absolute atomic E-state index is 13.1. The van der Waals surface area contributed by atoms with Crippen LogP contribution in [0.1, 0.15) is 21.5 Å². The van der Waals surface area contributed by atoms with Crippen LogP contribution < -0.4 is 27.3 Å². The summed E-state index contributed by atoms with van der Waals surface area (Å²) < 4.78 is 5.92. The number of esters is 1. The van der Waals surface area contributed by atoms with Crippen molar-refractivity contribution in [3.8, 4) is 16.9 Å². The third kappa shape index (κ3) is 5.09. The number of guanidine groups is 1. The number of carbonyl (C=O) groups is 1. The van der Waals surface area contributed by atoms with Crippen molar-refractivity contribution < 1.29 is 9.53 Å². The number of fused-ring (bicyclic) bond motifs is 2. The van der Waals surface area contributed by atoms with Gasteiger partial charge in [0.15, 0.2) is 5.96 Å². The number of rotatable bonds is 6. The van der Waals surface area contributed by atoms with Crippen LogP contribution in [0.3, 0.4) is 0 Å². The molecule has 0 aliphatic rings. The van der Waals surface area contributed by atoms with Crippen LogP contribution in [0.25, 0.3) is 32.7 Å². The van der Waals surface area contributed by atoms with Gasteiger partial charge in [-0.1, -0.05) is 42.5 Å². The van der Waals surface area contributed by atoms with E-state index in [1.165, 1.54) is 0 Å². The van der Waals surface area contributed by atoms with Crippen LogP contribution in [0, 0.1) is 16.2 Å². The van der Waals surface area contributed by atoms with Crippen molar-refractivity contribution in [3.63, 3.8) is 0 Å². The second-order valence-electron chi connectivity index (χ2n) is 8.98. The summed E-state index contributed by atoms with van der Waals surface area (Å²) in [7, 11) is 0. The van der Waals surface area contributed by atoms with Gasteiger partial charge in [-0.15, -0.1) is 0 Å². The van der Waals surface area contributed by atoms with E-state index in [1.54, 1.807) is 42.5 Å². The molecule has 0 saturated carbocycles. The maximum Gasteiger partial charge on any atom is 0.343 e. The topological polar surface area (TPSA) is 188 Å². The van der Waals surface area contributed by atoms with E-state index < -0.39 is 5.97 Å². The Hall–Kier alpha value is -5.70. The van der Waals surface area contributed by atoms with Crippen molar-refractivity contribution in [2.45, 2.75) is 0 Å². The molecule has 0 aliphatic heterocycles. The van der Waals surface area contributed by atoms with Gasteiger partial charge in [-0.3, -0.25) is 16.2 Å². The van der Waals surface area contributed by atoms with Crippen LogP contribution in [-0.4, -0.2) is 23.6 Å². The number of nitrogen functional groups attached to an aromatic ring is 2. The number of nitrogens with two attached hydrogens (primary N) is 3. The van der Waals surface area contributed by atoms with Crippen molar-refractivity contribution in [2.24, 2.45) is 17.2 Å². The fourth-order valence-electron chi connectivity index (χ4n) is 4.43. The van der Waals surface area contributed by atoms with Gasteiger partial charge in [-0.2, -0.15) is 0 Å². The van der Waals surface area contributed by atoms with Crippen LogP contribution in [-0.2, 0) is 0 Å². The highest BCUT2D eigenvalue weighted by atomic mass is 16.5. The molecule has 0 spiro atoms. The molecule has 0 heterocycles. The molecule has 0 radical (unpaired) electrons. The van der Waals surface area contributed by atoms with Crippen LogP contribution >= 0.6 is 0 Å². The van der Waals surface area contributed by atoms with Gasteiger partial charge in [0.25, 0.3) is 0 Å². The molecule has 0 unspecified atom stereocenters. The molecule has 5 aromatic carbocycles. The van der Waals surface area contributed by atoms with Gasteiger partial charge < -0.3 is 27.3 Å². The summed E-state index contributed by atoms with van der Waals surface area (Å²) >= 11 is 0. The number of carbonyl (C=O) groups excluding carboxylic acids is 1. The largest absolute Gasteiger partial charge is 0.422 e. The van der Waals surface area contributed by atoms with E-state index in [-0.39, 0.29) is 17.6 Å². The van der Waals surface area contributed by atoms with Gasteiger partial charge >= 0.3 is 5.97 Å². The van der Waals surface area contributed by atoms with Gasteiger partial charge in [0.2, 0.25) is 0 Å². The summed E-state index contributed by atoms with van der Waals surface area (Å²) in [6.45, 7) is 0. The van der Waals surface area contributed by atoms with Crippen LogP contribution in [0.4, 0.5) is 5.69 Å². The molecule has 0 fully saturated rings. The first-order valence-electron chi connectivity index (χ1n) is 11.9. The SMILES string of the molecule is N=C(N)Nc1ccc(C(=O)Oc2ccc3cc(C(=N)N)ccc3c2-c2ccc3cc(C(=N)N)ccc3c2)cc1. The molecule has 0 aromatic heterocycles. The summed E-state index contributed by atoms with van der Waals surface area (Å²) in [5.74, 6) is -0.419. The lowest BCUT2D eigenvalue weighted by Gasteiger charge is -2.15. The minimum atomic E-state index is -0.544. The summed E-state index contributed by atoms with van der Waals surface area (Å²) in [5, 5.41) is 29.1. The summed E-state index contributed by atoms with van der Waals surface area (Å²) in [4.78, 5) is 13.1. The Kier molecular flexibility index (Phi) is 6.39. The number of anilines is 1. The lowest BCUT2D eigenvalue weighted by Crippen LogP contribution is -2.20. The molecule has 9 heteroatoms. The normalized spacial score (nSPS) is 10.8. The second-order valence-corrected chi connectivity index (χ2v) is 8.98. The van der Waals surface area contributed by atoms with Crippen LogP contribution in [0.2, 0.25) is 0 Å². The van der Waals surface area contributed by atoms with Crippen molar-refractivity contribution in [1.82, 2.24) is 0 Å². The van der Waals surface area contributed by atoms with Gasteiger partial charge in [-0.25, -0.2) is 4.79 Å². The van der Waals surface area contributed by atoms with E-state index in [0.717, 1.165) is 27.1 Å². The lowest BCUT2D eigenvalue weighted by atomic mass is 9.93. The Balaban J connectivity index is 1.61. The second kappa shape index (κ2) is 9.98. The predicted octanol–water partition coefficient (Wildman–Crippen LogP) is 4.75. The van der Waals surface area contributed by atoms with Crippen LogP contribution in [0.5, 0.6) is 5.75 Å². The zero-order chi connectivity index (χ0) is 27.7. The van der Waals surface area contributed by atoms with Gasteiger partial charge in [-0.05, 0) is 75.6 Å². The average molecular weight is 516 g/mol. The fourth-order valence-corrected chi connectivity index (χ4v) is 4.43. The molecule has 39 heavy (non-hydrogen) atoms. The first-order valence-corrected chi connectivity index (χ1v) is 11.9. The van der Waals surface area contributed by atoms with Crippen molar-refractivity contribution in [2.75, 3.05) is 5.32 Å². The Morgan fingerprint density at radius 1 is 0.641 bits per heavy atom. The number of hydrogen-bond donors (Lipinski definition) is 7. The third-order valence-corrected chi connectivity index (χ3v) is 6.33. The molecule has 0 saturated heterocycles.